The molecule has 5 rings (SSSR count). The van der Waals surface area contributed by atoms with Crippen LogP contribution in [0.4, 0.5) is 0 Å². The molecule has 3 heteroatoms. The maximum Gasteiger partial charge on any atom is 0.163 e. The van der Waals surface area contributed by atoms with Crippen LogP contribution in [-0.2, 0) is 0 Å². The number of aromatic nitrogens is 3. The third-order valence-corrected chi connectivity index (χ3v) is 5.23. The molecule has 0 N–H and O–H groups in total. The van der Waals surface area contributed by atoms with Crippen molar-refractivity contribution in [2.45, 2.75) is 6.92 Å². The van der Waals surface area contributed by atoms with Crippen LogP contribution < -0.4 is 0 Å². The fourth-order valence-corrected chi connectivity index (χ4v) is 3.65. The first-order valence-corrected chi connectivity index (χ1v) is 10.3. The van der Waals surface area contributed by atoms with Crippen LogP contribution >= 0.6 is 0 Å². The molecule has 0 aliphatic rings. The van der Waals surface area contributed by atoms with Crippen LogP contribution in [0, 0.1) is 6.92 Å². The molecule has 148 valence electrons. The molecule has 1 heterocycles. The van der Waals surface area contributed by atoms with Crippen molar-refractivity contribution in [3.05, 3.63) is 115 Å². The van der Waals surface area contributed by atoms with E-state index in [1.165, 1.54) is 11.1 Å². The summed E-state index contributed by atoms with van der Waals surface area (Å²) in [5, 5.41) is 0. The molecule has 3 nitrogen and oxygen atoms in total. The topological polar surface area (TPSA) is 38.7 Å². The zero-order valence-electron chi connectivity index (χ0n) is 17.2. The highest BCUT2D eigenvalue weighted by Crippen LogP contribution is 2.28. The summed E-state index contributed by atoms with van der Waals surface area (Å²) in [4.78, 5) is 13.9. The van der Waals surface area contributed by atoms with Crippen molar-refractivity contribution in [1.29, 1.82) is 0 Å². The summed E-state index contributed by atoms with van der Waals surface area (Å²) in [6.07, 6.45) is 0. The fourth-order valence-electron chi connectivity index (χ4n) is 3.65. The van der Waals surface area contributed by atoms with E-state index in [-0.39, 0.29) is 0 Å². The van der Waals surface area contributed by atoms with E-state index in [2.05, 4.69) is 76.7 Å². The van der Waals surface area contributed by atoms with Gasteiger partial charge in [-0.3, -0.25) is 0 Å². The van der Waals surface area contributed by atoms with Gasteiger partial charge in [0.25, 0.3) is 0 Å². The predicted molar refractivity (Wildman–Crippen MR) is 126 cm³/mol. The Morgan fingerprint density at radius 3 is 1.48 bits per heavy atom. The fraction of sp³-hybridized carbons (Fsp3) is 0.0357. The van der Waals surface area contributed by atoms with Gasteiger partial charge < -0.3 is 0 Å². The summed E-state index contributed by atoms with van der Waals surface area (Å²) in [6.45, 7) is 1.91. The summed E-state index contributed by atoms with van der Waals surface area (Å²) < 4.78 is 0. The Hall–Kier alpha value is -4.11. The molecule has 4 aromatic carbocycles. The Morgan fingerprint density at radius 2 is 0.839 bits per heavy atom. The highest BCUT2D eigenvalue weighted by atomic mass is 15.0. The molecule has 0 unspecified atom stereocenters. The van der Waals surface area contributed by atoms with Gasteiger partial charge in [0.1, 0.15) is 5.82 Å². The highest BCUT2D eigenvalue weighted by Gasteiger charge is 2.09. The summed E-state index contributed by atoms with van der Waals surface area (Å²) >= 11 is 0. The quantitative estimate of drug-likeness (QED) is 0.332. The molecule has 0 saturated carbocycles. The van der Waals surface area contributed by atoms with Crippen molar-refractivity contribution in [2.75, 3.05) is 0 Å². The third kappa shape index (κ3) is 4.12. The predicted octanol–water partition coefficient (Wildman–Crippen LogP) is 6.85. The van der Waals surface area contributed by atoms with E-state index in [0.717, 1.165) is 22.3 Å². The average molecular weight is 399 g/mol. The minimum Gasteiger partial charge on any atom is -0.213 e. The average Bonchev–Trinajstić information content (AvgIpc) is 2.85. The van der Waals surface area contributed by atoms with Crippen LogP contribution in [-0.4, -0.2) is 15.0 Å². The van der Waals surface area contributed by atoms with Gasteiger partial charge in [0.05, 0.1) is 0 Å². The summed E-state index contributed by atoms with van der Waals surface area (Å²) in [5.41, 5.74) is 6.69. The van der Waals surface area contributed by atoms with E-state index < -0.39 is 0 Å². The maximum atomic E-state index is 4.74. The molecule has 0 amide bonds. The van der Waals surface area contributed by atoms with Gasteiger partial charge in [-0.2, -0.15) is 0 Å². The zero-order valence-corrected chi connectivity index (χ0v) is 17.2. The van der Waals surface area contributed by atoms with Crippen molar-refractivity contribution in [1.82, 2.24) is 15.0 Å². The lowest BCUT2D eigenvalue weighted by Gasteiger charge is -2.08. The molecule has 0 radical (unpaired) electrons. The van der Waals surface area contributed by atoms with Gasteiger partial charge in [-0.15, -0.1) is 0 Å². The van der Waals surface area contributed by atoms with Crippen LogP contribution in [0.1, 0.15) is 5.82 Å². The normalized spacial score (nSPS) is 10.7. The minimum atomic E-state index is 0.689. The van der Waals surface area contributed by atoms with E-state index in [1.54, 1.807) is 0 Å². The van der Waals surface area contributed by atoms with E-state index in [1.807, 2.05) is 49.4 Å². The third-order valence-electron chi connectivity index (χ3n) is 5.23. The lowest BCUT2D eigenvalue weighted by atomic mass is 9.99. The molecule has 0 fully saturated rings. The number of hydrogen-bond donors (Lipinski definition) is 0. The molecule has 0 spiro atoms. The smallest absolute Gasteiger partial charge is 0.163 e. The summed E-state index contributed by atoms with van der Waals surface area (Å²) in [7, 11) is 0. The minimum absolute atomic E-state index is 0.689. The SMILES string of the molecule is Cc1nc(-c2ccccc2)nc(-c2cccc(-c3ccc(-c4ccccc4)cc3)c2)n1. The first-order valence-electron chi connectivity index (χ1n) is 10.3. The summed E-state index contributed by atoms with van der Waals surface area (Å²) in [6, 6.07) is 37.4. The molecule has 5 aromatic rings. The lowest BCUT2D eigenvalue weighted by Crippen LogP contribution is -1.99. The van der Waals surface area contributed by atoms with Crippen molar-refractivity contribution in [3.63, 3.8) is 0 Å². The van der Waals surface area contributed by atoms with Gasteiger partial charge in [-0.05, 0) is 35.2 Å². The molecular weight excluding hydrogens is 378 g/mol. The molecule has 0 atom stereocenters. The molecule has 1 aromatic heterocycles. The van der Waals surface area contributed by atoms with Gasteiger partial charge in [0.15, 0.2) is 11.6 Å². The molecule has 0 bridgehead atoms. The first kappa shape index (κ1) is 18.9. The first-order chi connectivity index (χ1) is 15.3. The van der Waals surface area contributed by atoms with Gasteiger partial charge in [0, 0.05) is 11.1 Å². The Balaban J connectivity index is 1.49. The van der Waals surface area contributed by atoms with Crippen molar-refractivity contribution in [3.8, 4) is 45.0 Å². The molecule has 31 heavy (non-hydrogen) atoms. The summed E-state index contributed by atoms with van der Waals surface area (Å²) in [5.74, 6) is 2.09. The van der Waals surface area contributed by atoms with E-state index in [9.17, 15) is 0 Å². The Bertz CT molecular complexity index is 1310. The Labute approximate surface area is 182 Å². The molecule has 0 saturated heterocycles. The zero-order chi connectivity index (χ0) is 21.0. The van der Waals surface area contributed by atoms with Crippen LogP contribution in [0.2, 0.25) is 0 Å². The Morgan fingerprint density at radius 1 is 0.387 bits per heavy atom. The van der Waals surface area contributed by atoms with Crippen LogP contribution in [0.15, 0.2) is 109 Å². The number of benzene rings is 4. The van der Waals surface area contributed by atoms with Crippen LogP contribution in [0.25, 0.3) is 45.0 Å². The lowest BCUT2D eigenvalue weighted by molar-refractivity contribution is 0.992. The van der Waals surface area contributed by atoms with E-state index in [0.29, 0.717) is 17.5 Å². The molecular formula is C28H21N3. The molecule has 0 aliphatic heterocycles. The van der Waals surface area contributed by atoms with Gasteiger partial charge in [-0.1, -0.05) is 103 Å². The van der Waals surface area contributed by atoms with Crippen molar-refractivity contribution in [2.24, 2.45) is 0 Å². The number of rotatable bonds is 4. The van der Waals surface area contributed by atoms with Gasteiger partial charge in [0.2, 0.25) is 0 Å². The second kappa shape index (κ2) is 8.33. The number of hydrogen-bond acceptors (Lipinski definition) is 3. The number of nitrogens with zero attached hydrogens (tertiary/aromatic N) is 3. The van der Waals surface area contributed by atoms with E-state index in [4.69, 9.17) is 4.98 Å². The highest BCUT2D eigenvalue weighted by molar-refractivity contribution is 5.74. The second-order valence-corrected chi connectivity index (χ2v) is 7.42. The van der Waals surface area contributed by atoms with Crippen LogP contribution in [0.5, 0.6) is 0 Å². The van der Waals surface area contributed by atoms with Crippen molar-refractivity contribution < 1.29 is 0 Å². The second-order valence-electron chi connectivity index (χ2n) is 7.42. The molecule has 0 aliphatic carbocycles. The maximum absolute atomic E-state index is 4.74. The largest absolute Gasteiger partial charge is 0.213 e. The van der Waals surface area contributed by atoms with Gasteiger partial charge in [-0.25, -0.2) is 15.0 Å². The van der Waals surface area contributed by atoms with Crippen LogP contribution in [0.3, 0.4) is 0 Å². The van der Waals surface area contributed by atoms with Crippen molar-refractivity contribution >= 4 is 0 Å². The van der Waals surface area contributed by atoms with E-state index >= 15 is 0 Å². The number of aryl methyl sites for hydroxylation is 1. The Kier molecular flexibility index (Phi) is 5.07. The van der Waals surface area contributed by atoms with Gasteiger partial charge >= 0.3 is 0 Å². The monoisotopic (exact) mass is 399 g/mol. The standard InChI is InChI=1S/C28H21N3/c1-20-29-27(24-11-6-3-7-12-24)31-28(30-20)26-14-8-13-25(19-26)23-17-15-22(16-18-23)21-9-4-2-5-10-21/h2-19H,1H3.